The van der Waals surface area contributed by atoms with Crippen molar-refractivity contribution in [2.45, 2.75) is 31.6 Å². The molecular formula is C7H13F2N. The summed E-state index contributed by atoms with van der Waals surface area (Å²) in [5.74, 6) is -2.21. The summed E-state index contributed by atoms with van der Waals surface area (Å²) in [5, 5.41) is 0. The third-order valence-corrected chi connectivity index (χ3v) is 2.08. The maximum absolute atomic E-state index is 12.5. The smallest absolute Gasteiger partial charge is 0.248 e. The molecule has 0 radical (unpaired) electrons. The second-order valence-corrected chi connectivity index (χ2v) is 3.04. The lowest BCUT2D eigenvalue weighted by atomic mass is 10.0. The van der Waals surface area contributed by atoms with Gasteiger partial charge < -0.3 is 5.73 Å². The van der Waals surface area contributed by atoms with Crippen LogP contribution in [-0.2, 0) is 0 Å². The molecule has 1 atom stereocenters. The molecule has 1 aliphatic rings. The topological polar surface area (TPSA) is 26.0 Å². The highest BCUT2D eigenvalue weighted by atomic mass is 19.3. The molecule has 60 valence electrons. The molecule has 0 amide bonds. The van der Waals surface area contributed by atoms with E-state index in [1.54, 1.807) is 0 Å². The second kappa shape index (κ2) is 2.82. The lowest BCUT2D eigenvalue weighted by Gasteiger charge is -2.08. The Bertz CT molecular complexity index is 114. The quantitative estimate of drug-likeness (QED) is 0.636. The Balaban J connectivity index is 2.29. The van der Waals surface area contributed by atoms with Crippen molar-refractivity contribution < 1.29 is 8.78 Å². The number of nitrogens with two attached hydrogens (primary N) is 1. The van der Waals surface area contributed by atoms with E-state index >= 15 is 0 Å². The predicted molar refractivity (Wildman–Crippen MR) is 36.0 cm³/mol. The van der Waals surface area contributed by atoms with Gasteiger partial charge in [-0.2, -0.15) is 0 Å². The summed E-state index contributed by atoms with van der Waals surface area (Å²) in [7, 11) is 0. The molecular weight excluding hydrogens is 136 g/mol. The third-order valence-electron chi connectivity index (χ3n) is 2.08. The van der Waals surface area contributed by atoms with Crippen LogP contribution in [0, 0.1) is 5.92 Å². The van der Waals surface area contributed by atoms with E-state index in [0.29, 0.717) is 13.0 Å². The van der Waals surface area contributed by atoms with Crippen LogP contribution in [0.15, 0.2) is 0 Å². The first-order valence-corrected chi connectivity index (χ1v) is 3.72. The van der Waals surface area contributed by atoms with Crippen LogP contribution < -0.4 is 5.73 Å². The zero-order valence-electron chi connectivity index (χ0n) is 5.95. The molecule has 0 spiro atoms. The Morgan fingerprint density at radius 1 is 1.50 bits per heavy atom. The van der Waals surface area contributed by atoms with Crippen molar-refractivity contribution in [3.63, 3.8) is 0 Å². The molecule has 1 unspecified atom stereocenters. The molecule has 0 heterocycles. The fraction of sp³-hybridized carbons (Fsp3) is 1.00. The Kier molecular flexibility index (Phi) is 2.24. The van der Waals surface area contributed by atoms with Crippen molar-refractivity contribution in [2.24, 2.45) is 11.7 Å². The maximum Gasteiger partial charge on any atom is 0.248 e. The van der Waals surface area contributed by atoms with E-state index in [4.69, 9.17) is 5.73 Å². The van der Waals surface area contributed by atoms with Gasteiger partial charge in [-0.3, -0.25) is 0 Å². The molecule has 0 aromatic heterocycles. The van der Waals surface area contributed by atoms with Gasteiger partial charge in [0.15, 0.2) is 0 Å². The van der Waals surface area contributed by atoms with Crippen LogP contribution in [0.25, 0.3) is 0 Å². The monoisotopic (exact) mass is 149 g/mol. The molecule has 0 bridgehead atoms. The Hall–Kier alpha value is -0.180. The van der Waals surface area contributed by atoms with Crippen LogP contribution in [0.2, 0.25) is 0 Å². The molecule has 10 heavy (non-hydrogen) atoms. The number of hydrogen-bond donors (Lipinski definition) is 1. The van der Waals surface area contributed by atoms with Gasteiger partial charge in [0, 0.05) is 12.8 Å². The van der Waals surface area contributed by atoms with Gasteiger partial charge in [-0.05, 0) is 25.3 Å². The molecule has 1 saturated carbocycles. The minimum atomic E-state index is -2.39. The van der Waals surface area contributed by atoms with Crippen LogP contribution >= 0.6 is 0 Å². The van der Waals surface area contributed by atoms with Gasteiger partial charge in [0.2, 0.25) is 5.92 Å². The van der Waals surface area contributed by atoms with E-state index in [2.05, 4.69) is 0 Å². The van der Waals surface area contributed by atoms with Crippen LogP contribution in [0.1, 0.15) is 25.7 Å². The lowest BCUT2D eigenvalue weighted by Crippen LogP contribution is -2.11. The summed E-state index contributed by atoms with van der Waals surface area (Å²) in [4.78, 5) is 0. The minimum Gasteiger partial charge on any atom is -0.330 e. The zero-order chi connectivity index (χ0) is 7.61. The number of halogens is 2. The van der Waals surface area contributed by atoms with E-state index in [-0.39, 0.29) is 18.8 Å². The standard InChI is InChI=1S/C7H13F2N/c8-7(9)3-1-6(5-7)2-4-10/h6H,1-5,10H2. The van der Waals surface area contributed by atoms with Crippen molar-refractivity contribution in [2.75, 3.05) is 6.54 Å². The number of rotatable bonds is 2. The van der Waals surface area contributed by atoms with E-state index in [1.165, 1.54) is 0 Å². The average molecular weight is 149 g/mol. The van der Waals surface area contributed by atoms with Crippen LogP contribution in [0.4, 0.5) is 8.78 Å². The van der Waals surface area contributed by atoms with Crippen LogP contribution in [-0.4, -0.2) is 12.5 Å². The summed E-state index contributed by atoms with van der Waals surface area (Å²) in [6.45, 7) is 0.542. The molecule has 1 aliphatic carbocycles. The highest BCUT2D eigenvalue weighted by molar-refractivity contribution is 4.81. The summed E-state index contributed by atoms with van der Waals surface area (Å²) in [6.07, 6.45) is 1.54. The van der Waals surface area contributed by atoms with E-state index in [0.717, 1.165) is 6.42 Å². The average Bonchev–Trinajstić information content (AvgIpc) is 2.12. The SMILES string of the molecule is NCCC1CCC(F)(F)C1. The molecule has 0 saturated heterocycles. The Morgan fingerprint density at radius 3 is 2.60 bits per heavy atom. The minimum absolute atomic E-state index is 0.0597. The summed E-state index contributed by atoms with van der Waals surface area (Å²) < 4.78 is 25.0. The first-order valence-electron chi connectivity index (χ1n) is 3.72. The maximum atomic E-state index is 12.5. The molecule has 0 aliphatic heterocycles. The highest BCUT2D eigenvalue weighted by Crippen LogP contribution is 2.39. The summed E-state index contributed by atoms with van der Waals surface area (Å²) in [6, 6.07) is 0. The Labute approximate surface area is 59.6 Å². The van der Waals surface area contributed by atoms with Crippen molar-refractivity contribution in [3.05, 3.63) is 0 Å². The summed E-state index contributed by atoms with van der Waals surface area (Å²) >= 11 is 0. The second-order valence-electron chi connectivity index (χ2n) is 3.04. The first kappa shape index (κ1) is 7.92. The van der Waals surface area contributed by atoms with E-state index in [9.17, 15) is 8.78 Å². The fourth-order valence-electron chi connectivity index (χ4n) is 1.52. The molecule has 0 aromatic rings. The molecule has 2 N–H and O–H groups in total. The van der Waals surface area contributed by atoms with Gasteiger partial charge in [-0.15, -0.1) is 0 Å². The van der Waals surface area contributed by atoms with Crippen molar-refractivity contribution in [1.29, 1.82) is 0 Å². The number of hydrogen-bond acceptors (Lipinski definition) is 1. The van der Waals surface area contributed by atoms with Crippen LogP contribution in [0.3, 0.4) is 0 Å². The molecule has 0 aromatic carbocycles. The van der Waals surface area contributed by atoms with Gasteiger partial charge in [-0.1, -0.05) is 0 Å². The molecule has 1 rings (SSSR count). The normalized spacial score (nSPS) is 30.9. The van der Waals surface area contributed by atoms with Gasteiger partial charge in [0.25, 0.3) is 0 Å². The highest BCUT2D eigenvalue weighted by Gasteiger charge is 2.38. The molecule has 1 fully saturated rings. The Morgan fingerprint density at radius 2 is 2.20 bits per heavy atom. The van der Waals surface area contributed by atoms with Gasteiger partial charge >= 0.3 is 0 Å². The van der Waals surface area contributed by atoms with Crippen molar-refractivity contribution >= 4 is 0 Å². The van der Waals surface area contributed by atoms with E-state index in [1.807, 2.05) is 0 Å². The van der Waals surface area contributed by atoms with Crippen molar-refractivity contribution in [1.82, 2.24) is 0 Å². The molecule has 3 heteroatoms. The first-order chi connectivity index (χ1) is 4.64. The van der Waals surface area contributed by atoms with Gasteiger partial charge in [0.1, 0.15) is 0 Å². The molecule has 1 nitrogen and oxygen atoms in total. The van der Waals surface area contributed by atoms with Gasteiger partial charge in [0.05, 0.1) is 0 Å². The van der Waals surface area contributed by atoms with Crippen LogP contribution in [0.5, 0.6) is 0 Å². The predicted octanol–water partition coefficient (Wildman–Crippen LogP) is 1.77. The van der Waals surface area contributed by atoms with Crippen molar-refractivity contribution in [3.8, 4) is 0 Å². The number of alkyl halides is 2. The summed E-state index contributed by atoms with van der Waals surface area (Å²) in [5.41, 5.74) is 5.25. The zero-order valence-corrected chi connectivity index (χ0v) is 5.95. The van der Waals surface area contributed by atoms with Gasteiger partial charge in [-0.25, -0.2) is 8.78 Å². The largest absolute Gasteiger partial charge is 0.330 e. The fourth-order valence-corrected chi connectivity index (χ4v) is 1.52. The lowest BCUT2D eigenvalue weighted by molar-refractivity contribution is 0.00483. The third kappa shape index (κ3) is 1.90. The van der Waals surface area contributed by atoms with E-state index < -0.39 is 5.92 Å².